The maximum Gasteiger partial charge on any atom is 0.317 e. The maximum absolute atomic E-state index is 12.0. The summed E-state index contributed by atoms with van der Waals surface area (Å²) in [5, 5.41) is 12.8. The number of nitrogens with zero attached hydrogens (tertiary/aromatic N) is 1. The van der Waals surface area contributed by atoms with Crippen LogP contribution in [0.25, 0.3) is 0 Å². The van der Waals surface area contributed by atoms with Crippen molar-refractivity contribution in [1.82, 2.24) is 10.2 Å². The molecular formula is C12H22N2O3. The van der Waals surface area contributed by atoms with Crippen LogP contribution in [-0.4, -0.2) is 54.5 Å². The van der Waals surface area contributed by atoms with Crippen molar-refractivity contribution < 1.29 is 14.6 Å². The molecule has 2 atom stereocenters. The molecule has 2 unspecified atom stereocenters. The van der Waals surface area contributed by atoms with Gasteiger partial charge in [0, 0.05) is 25.1 Å². The first-order valence-corrected chi connectivity index (χ1v) is 6.30. The van der Waals surface area contributed by atoms with Crippen molar-refractivity contribution in [3.05, 3.63) is 0 Å². The van der Waals surface area contributed by atoms with E-state index < -0.39 is 0 Å². The second-order valence-corrected chi connectivity index (χ2v) is 5.72. The fraction of sp³-hybridized carbons (Fsp3) is 0.917. The predicted molar refractivity (Wildman–Crippen MR) is 63.7 cm³/mol. The summed E-state index contributed by atoms with van der Waals surface area (Å²) >= 11 is 0. The summed E-state index contributed by atoms with van der Waals surface area (Å²) in [4.78, 5) is 13.8. The molecule has 2 N–H and O–H groups in total. The lowest BCUT2D eigenvalue weighted by Crippen LogP contribution is -2.54. The second kappa shape index (κ2) is 4.82. The molecule has 2 aliphatic rings. The van der Waals surface area contributed by atoms with E-state index in [4.69, 9.17) is 4.74 Å². The van der Waals surface area contributed by atoms with Gasteiger partial charge in [0.25, 0.3) is 0 Å². The van der Waals surface area contributed by atoms with Crippen molar-refractivity contribution in [2.45, 2.75) is 38.8 Å². The van der Waals surface area contributed by atoms with Gasteiger partial charge in [-0.05, 0) is 12.8 Å². The quantitative estimate of drug-likeness (QED) is 0.707. The van der Waals surface area contributed by atoms with Crippen LogP contribution in [-0.2, 0) is 4.74 Å². The number of ether oxygens (including phenoxy) is 1. The van der Waals surface area contributed by atoms with E-state index in [0.717, 1.165) is 13.0 Å². The second-order valence-electron chi connectivity index (χ2n) is 5.72. The Morgan fingerprint density at radius 1 is 1.47 bits per heavy atom. The van der Waals surface area contributed by atoms with Gasteiger partial charge in [-0.25, -0.2) is 4.79 Å². The summed E-state index contributed by atoms with van der Waals surface area (Å²) in [6.45, 7) is 6.57. The normalized spacial score (nSPS) is 32.5. The predicted octanol–water partition coefficient (Wildman–Crippen LogP) is 0.578. The van der Waals surface area contributed by atoms with Gasteiger partial charge in [-0.15, -0.1) is 0 Å². The van der Waals surface area contributed by atoms with Gasteiger partial charge >= 0.3 is 6.03 Å². The van der Waals surface area contributed by atoms with Crippen LogP contribution in [0.1, 0.15) is 26.7 Å². The molecule has 0 bridgehead atoms. The zero-order chi connectivity index (χ0) is 12.5. The molecule has 5 heteroatoms. The number of rotatable bonds is 1. The highest BCUT2D eigenvalue weighted by Gasteiger charge is 2.36. The van der Waals surface area contributed by atoms with E-state index in [-0.39, 0.29) is 23.6 Å². The summed E-state index contributed by atoms with van der Waals surface area (Å²) in [5.41, 5.74) is -0.220. The molecule has 2 aliphatic heterocycles. The van der Waals surface area contributed by atoms with Crippen LogP contribution in [0.2, 0.25) is 0 Å². The van der Waals surface area contributed by atoms with E-state index in [1.165, 1.54) is 0 Å². The summed E-state index contributed by atoms with van der Waals surface area (Å²) in [7, 11) is 0. The standard InChI is InChI=1S/C12H22N2O3/c1-12(2)8-14(5-3-10(12)15)11(16)13-9-4-6-17-7-9/h9-10,15H,3-8H2,1-2H3,(H,13,16). The minimum Gasteiger partial charge on any atom is -0.392 e. The number of likely N-dealkylation sites (tertiary alicyclic amines) is 1. The Hall–Kier alpha value is -0.810. The van der Waals surface area contributed by atoms with Crippen molar-refractivity contribution in [2.75, 3.05) is 26.3 Å². The largest absolute Gasteiger partial charge is 0.392 e. The Morgan fingerprint density at radius 2 is 2.24 bits per heavy atom. The molecule has 2 rings (SSSR count). The molecule has 0 aliphatic carbocycles. The summed E-state index contributed by atoms with van der Waals surface area (Å²) in [5.74, 6) is 0. The Morgan fingerprint density at radius 3 is 2.82 bits per heavy atom. The van der Waals surface area contributed by atoms with Gasteiger partial charge < -0.3 is 20.1 Å². The lowest BCUT2D eigenvalue weighted by Gasteiger charge is -2.41. The third-order valence-electron chi connectivity index (χ3n) is 3.72. The molecular weight excluding hydrogens is 220 g/mol. The zero-order valence-corrected chi connectivity index (χ0v) is 10.6. The van der Waals surface area contributed by atoms with E-state index in [0.29, 0.717) is 26.1 Å². The number of hydrogen-bond acceptors (Lipinski definition) is 3. The smallest absolute Gasteiger partial charge is 0.317 e. The molecule has 0 saturated carbocycles. The molecule has 17 heavy (non-hydrogen) atoms. The Balaban J connectivity index is 1.87. The van der Waals surface area contributed by atoms with Gasteiger partial charge in [-0.1, -0.05) is 13.8 Å². The summed E-state index contributed by atoms with van der Waals surface area (Å²) < 4.78 is 5.23. The Kier molecular flexibility index (Phi) is 3.58. The highest BCUT2D eigenvalue weighted by atomic mass is 16.5. The van der Waals surface area contributed by atoms with Crippen molar-refractivity contribution in [3.63, 3.8) is 0 Å². The Bertz CT molecular complexity index is 287. The number of carbonyl (C=O) groups excluding carboxylic acids is 1. The van der Waals surface area contributed by atoms with Crippen LogP contribution in [0.5, 0.6) is 0 Å². The van der Waals surface area contributed by atoms with Crippen LogP contribution in [0, 0.1) is 5.41 Å². The lowest BCUT2D eigenvalue weighted by atomic mass is 9.81. The number of aliphatic hydroxyl groups excluding tert-OH is 1. The molecule has 0 spiro atoms. The maximum atomic E-state index is 12.0. The van der Waals surface area contributed by atoms with E-state index in [2.05, 4.69) is 5.32 Å². The third-order valence-corrected chi connectivity index (χ3v) is 3.72. The molecule has 0 aromatic heterocycles. The molecule has 2 amide bonds. The van der Waals surface area contributed by atoms with Gasteiger partial charge in [0.05, 0.1) is 18.8 Å². The van der Waals surface area contributed by atoms with E-state index in [1.807, 2.05) is 13.8 Å². The van der Waals surface area contributed by atoms with Crippen molar-refractivity contribution in [3.8, 4) is 0 Å². The first-order chi connectivity index (χ1) is 7.99. The van der Waals surface area contributed by atoms with Gasteiger partial charge in [0.2, 0.25) is 0 Å². The van der Waals surface area contributed by atoms with Gasteiger partial charge in [-0.2, -0.15) is 0 Å². The first kappa shape index (κ1) is 12.6. The lowest BCUT2D eigenvalue weighted by molar-refractivity contribution is -0.0117. The number of urea groups is 1. The minimum atomic E-state index is -0.318. The number of carbonyl (C=O) groups is 1. The molecule has 2 saturated heterocycles. The van der Waals surface area contributed by atoms with Gasteiger partial charge in [0.15, 0.2) is 0 Å². The Labute approximate surface area is 102 Å². The molecule has 2 heterocycles. The topological polar surface area (TPSA) is 61.8 Å². The number of piperidine rings is 1. The van der Waals surface area contributed by atoms with Crippen LogP contribution >= 0.6 is 0 Å². The molecule has 98 valence electrons. The van der Waals surface area contributed by atoms with Crippen LogP contribution in [0.15, 0.2) is 0 Å². The summed E-state index contributed by atoms with van der Waals surface area (Å²) in [6.07, 6.45) is 1.23. The van der Waals surface area contributed by atoms with Crippen LogP contribution < -0.4 is 5.32 Å². The van der Waals surface area contributed by atoms with E-state index in [9.17, 15) is 9.90 Å². The van der Waals surface area contributed by atoms with Crippen molar-refractivity contribution in [1.29, 1.82) is 0 Å². The van der Waals surface area contributed by atoms with Crippen LogP contribution in [0.3, 0.4) is 0 Å². The SMILES string of the molecule is CC1(C)CN(C(=O)NC2CCOC2)CCC1O. The highest BCUT2D eigenvalue weighted by molar-refractivity contribution is 5.74. The first-order valence-electron chi connectivity index (χ1n) is 6.30. The van der Waals surface area contributed by atoms with Gasteiger partial charge in [-0.3, -0.25) is 0 Å². The highest BCUT2D eigenvalue weighted by Crippen LogP contribution is 2.29. The average Bonchev–Trinajstić information content (AvgIpc) is 2.74. The fourth-order valence-electron chi connectivity index (χ4n) is 2.43. The number of aliphatic hydroxyl groups is 1. The third kappa shape index (κ3) is 2.90. The molecule has 0 aromatic rings. The summed E-state index contributed by atoms with van der Waals surface area (Å²) in [6, 6.07) is 0.123. The van der Waals surface area contributed by atoms with E-state index >= 15 is 0 Å². The molecule has 0 radical (unpaired) electrons. The van der Waals surface area contributed by atoms with Crippen LogP contribution in [0.4, 0.5) is 4.79 Å². The van der Waals surface area contributed by atoms with Crippen molar-refractivity contribution >= 4 is 6.03 Å². The number of nitrogens with one attached hydrogen (secondary N) is 1. The van der Waals surface area contributed by atoms with Crippen molar-refractivity contribution in [2.24, 2.45) is 5.41 Å². The van der Waals surface area contributed by atoms with E-state index in [1.54, 1.807) is 4.90 Å². The fourth-order valence-corrected chi connectivity index (χ4v) is 2.43. The monoisotopic (exact) mass is 242 g/mol. The number of hydrogen-bond donors (Lipinski definition) is 2. The molecule has 0 aromatic carbocycles. The van der Waals surface area contributed by atoms with Gasteiger partial charge in [0.1, 0.15) is 0 Å². The number of amides is 2. The minimum absolute atomic E-state index is 0.0273. The molecule has 2 fully saturated rings. The zero-order valence-electron chi connectivity index (χ0n) is 10.6. The molecule has 5 nitrogen and oxygen atoms in total. The average molecular weight is 242 g/mol.